The van der Waals surface area contributed by atoms with Gasteiger partial charge in [0.2, 0.25) is 0 Å². The molecular formula is C11H17N3O3. The molecule has 1 rings (SSSR count). The summed E-state index contributed by atoms with van der Waals surface area (Å²) in [7, 11) is 1.70. The van der Waals surface area contributed by atoms with Crippen LogP contribution >= 0.6 is 0 Å². The second-order valence-corrected chi connectivity index (χ2v) is 4.21. The number of amides is 1. The van der Waals surface area contributed by atoms with Gasteiger partial charge in [-0.05, 0) is 18.9 Å². The van der Waals surface area contributed by atoms with E-state index in [0.29, 0.717) is 12.2 Å². The first kappa shape index (κ1) is 13.2. The Balaban J connectivity index is 2.50. The topological polar surface area (TPSA) is 84.2 Å². The van der Waals surface area contributed by atoms with Crippen LogP contribution in [0.5, 0.6) is 0 Å². The molecule has 94 valence electrons. The first-order valence-electron chi connectivity index (χ1n) is 5.40. The van der Waals surface area contributed by atoms with Crippen molar-refractivity contribution in [1.29, 1.82) is 0 Å². The Labute approximate surface area is 99.6 Å². The molecule has 0 saturated heterocycles. The van der Waals surface area contributed by atoms with Gasteiger partial charge < -0.3 is 10.4 Å². The highest BCUT2D eigenvalue weighted by molar-refractivity contribution is 5.92. The Kier molecular flexibility index (Phi) is 4.25. The fourth-order valence-electron chi connectivity index (χ4n) is 1.55. The number of rotatable bonds is 5. The van der Waals surface area contributed by atoms with Crippen molar-refractivity contribution < 1.29 is 14.7 Å². The molecule has 1 unspecified atom stereocenters. The molecule has 1 heterocycles. The van der Waals surface area contributed by atoms with Crippen molar-refractivity contribution in [3.05, 3.63) is 17.5 Å². The number of carboxylic acids is 1. The smallest absolute Gasteiger partial charge is 0.303 e. The normalized spacial score (nSPS) is 12.2. The Bertz CT molecular complexity index is 426. The van der Waals surface area contributed by atoms with Crippen molar-refractivity contribution in [1.82, 2.24) is 15.1 Å². The lowest BCUT2D eigenvalue weighted by Gasteiger charge is -2.10. The maximum atomic E-state index is 11.7. The van der Waals surface area contributed by atoms with Gasteiger partial charge in [0.1, 0.15) is 5.69 Å². The molecule has 17 heavy (non-hydrogen) atoms. The quantitative estimate of drug-likeness (QED) is 0.786. The molecule has 0 fully saturated rings. The van der Waals surface area contributed by atoms with Crippen LogP contribution in [0.4, 0.5) is 0 Å². The summed E-state index contributed by atoms with van der Waals surface area (Å²) < 4.78 is 1.51. The predicted octanol–water partition coefficient (Wildman–Crippen LogP) is 0.569. The number of carbonyl (C=O) groups excluding carboxylic acids is 1. The van der Waals surface area contributed by atoms with Gasteiger partial charge in [0.05, 0.1) is 5.69 Å². The van der Waals surface area contributed by atoms with Gasteiger partial charge >= 0.3 is 5.97 Å². The van der Waals surface area contributed by atoms with Gasteiger partial charge in [-0.2, -0.15) is 5.10 Å². The monoisotopic (exact) mass is 239 g/mol. The molecule has 6 nitrogen and oxygen atoms in total. The fraction of sp³-hybridized carbons (Fsp3) is 0.545. The minimum Gasteiger partial charge on any atom is -0.481 e. The van der Waals surface area contributed by atoms with Gasteiger partial charge in [-0.3, -0.25) is 14.3 Å². The van der Waals surface area contributed by atoms with Crippen molar-refractivity contribution in [2.45, 2.75) is 20.3 Å². The molecule has 0 aromatic carbocycles. The Morgan fingerprint density at radius 1 is 1.59 bits per heavy atom. The summed E-state index contributed by atoms with van der Waals surface area (Å²) in [5.41, 5.74) is 1.25. The maximum Gasteiger partial charge on any atom is 0.303 e. The van der Waals surface area contributed by atoms with Crippen LogP contribution in [-0.4, -0.2) is 33.3 Å². The zero-order chi connectivity index (χ0) is 13.0. The average molecular weight is 239 g/mol. The number of nitrogens with zero attached hydrogens (tertiary/aromatic N) is 2. The van der Waals surface area contributed by atoms with Gasteiger partial charge in [-0.15, -0.1) is 0 Å². The van der Waals surface area contributed by atoms with E-state index in [0.717, 1.165) is 5.69 Å². The van der Waals surface area contributed by atoms with Crippen LogP contribution in [0.25, 0.3) is 0 Å². The minimum absolute atomic E-state index is 0.0463. The lowest BCUT2D eigenvalue weighted by atomic mass is 10.1. The molecule has 2 N–H and O–H groups in total. The summed E-state index contributed by atoms with van der Waals surface area (Å²) in [5, 5.41) is 15.4. The molecule has 1 amide bonds. The molecule has 1 aromatic heterocycles. The van der Waals surface area contributed by atoms with Gasteiger partial charge in [-0.1, -0.05) is 6.92 Å². The SMILES string of the molecule is Cc1cc(C(=O)NCC(C)CC(=O)O)n(C)n1. The average Bonchev–Trinajstić information content (AvgIpc) is 2.53. The highest BCUT2D eigenvalue weighted by atomic mass is 16.4. The molecule has 0 saturated carbocycles. The molecule has 0 radical (unpaired) electrons. The van der Waals surface area contributed by atoms with E-state index >= 15 is 0 Å². The second kappa shape index (κ2) is 5.47. The van der Waals surface area contributed by atoms with E-state index in [1.165, 1.54) is 4.68 Å². The summed E-state index contributed by atoms with van der Waals surface area (Å²) in [6, 6.07) is 1.69. The summed E-state index contributed by atoms with van der Waals surface area (Å²) >= 11 is 0. The number of nitrogens with one attached hydrogen (secondary N) is 1. The van der Waals surface area contributed by atoms with E-state index in [1.54, 1.807) is 20.0 Å². The predicted molar refractivity (Wildman–Crippen MR) is 61.7 cm³/mol. The standard InChI is InChI=1S/C11H17N3O3/c1-7(4-10(15)16)6-12-11(17)9-5-8(2)13-14(9)3/h5,7H,4,6H2,1-3H3,(H,12,17)(H,15,16). The summed E-state index contributed by atoms with van der Waals surface area (Å²) in [5.74, 6) is -1.18. The Hall–Kier alpha value is -1.85. The van der Waals surface area contributed by atoms with E-state index in [4.69, 9.17) is 5.11 Å². The summed E-state index contributed by atoms with van der Waals surface area (Å²) in [6.07, 6.45) is 0.0463. The zero-order valence-electron chi connectivity index (χ0n) is 10.2. The van der Waals surface area contributed by atoms with E-state index < -0.39 is 5.97 Å². The van der Waals surface area contributed by atoms with Crippen LogP contribution in [0, 0.1) is 12.8 Å². The van der Waals surface area contributed by atoms with E-state index in [9.17, 15) is 9.59 Å². The number of aliphatic carboxylic acids is 1. The highest BCUT2D eigenvalue weighted by Gasteiger charge is 2.13. The third-order valence-corrected chi connectivity index (χ3v) is 2.37. The third kappa shape index (κ3) is 3.90. The number of hydrogen-bond donors (Lipinski definition) is 2. The van der Waals surface area contributed by atoms with Crippen LogP contribution in [0.15, 0.2) is 6.07 Å². The summed E-state index contributed by atoms with van der Waals surface area (Å²) in [6.45, 7) is 3.93. The molecule has 6 heteroatoms. The fourth-order valence-corrected chi connectivity index (χ4v) is 1.55. The van der Waals surface area contributed by atoms with Crippen molar-refractivity contribution >= 4 is 11.9 Å². The number of carboxylic acid groups (broad SMARTS) is 1. The van der Waals surface area contributed by atoms with Crippen LogP contribution < -0.4 is 5.32 Å². The molecule has 1 atom stereocenters. The number of aromatic nitrogens is 2. The first-order valence-corrected chi connectivity index (χ1v) is 5.40. The van der Waals surface area contributed by atoms with Gasteiger partial charge in [-0.25, -0.2) is 0 Å². The summed E-state index contributed by atoms with van der Waals surface area (Å²) in [4.78, 5) is 22.2. The molecule has 0 bridgehead atoms. The molecule has 0 aliphatic rings. The van der Waals surface area contributed by atoms with Crippen LogP contribution in [0.3, 0.4) is 0 Å². The van der Waals surface area contributed by atoms with E-state index in [-0.39, 0.29) is 18.2 Å². The van der Waals surface area contributed by atoms with Gasteiger partial charge in [0, 0.05) is 20.0 Å². The molecular weight excluding hydrogens is 222 g/mol. The largest absolute Gasteiger partial charge is 0.481 e. The Morgan fingerprint density at radius 2 is 2.24 bits per heavy atom. The molecule has 0 aliphatic carbocycles. The molecule has 0 spiro atoms. The molecule has 1 aromatic rings. The van der Waals surface area contributed by atoms with E-state index in [1.807, 2.05) is 6.92 Å². The first-order chi connectivity index (χ1) is 7.90. The number of aryl methyl sites for hydroxylation is 2. The lowest BCUT2D eigenvalue weighted by molar-refractivity contribution is -0.137. The number of carbonyl (C=O) groups is 2. The van der Waals surface area contributed by atoms with Crippen molar-refractivity contribution in [3.8, 4) is 0 Å². The van der Waals surface area contributed by atoms with Crippen molar-refractivity contribution in [2.75, 3.05) is 6.54 Å². The van der Waals surface area contributed by atoms with Gasteiger partial charge in [0.15, 0.2) is 0 Å². The van der Waals surface area contributed by atoms with Crippen LogP contribution in [0.1, 0.15) is 29.5 Å². The van der Waals surface area contributed by atoms with Crippen molar-refractivity contribution in [2.24, 2.45) is 13.0 Å². The zero-order valence-corrected chi connectivity index (χ0v) is 10.2. The lowest BCUT2D eigenvalue weighted by Crippen LogP contribution is -2.30. The van der Waals surface area contributed by atoms with E-state index in [2.05, 4.69) is 10.4 Å². The molecule has 0 aliphatic heterocycles. The van der Waals surface area contributed by atoms with Crippen LogP contribution in [0.2, 0.25) is 0 Å². The third-order valence-electron chi connectivity index (χ3n) is 2.37. The Morgan fingerprint density at radius 3 is 2.71 bits per heavy atom. The maximum absolute atomic E-state index is 11.7. The number of hydrogen-bond acceptors (Lipinski definition) is 3. The van der Waals surface area contributed by atoms with Gasteiger partial charge in [0.25, 0.3) is 5.91 Å². The minimum atomic E-state index is -0.858. The van der Waals surface area contributed by atoms with Crippen LogP contribution in [-0.2, 0) is 11.8 Å². The highest BCUT2D eigenvalue weighted by Crippen LogP contribution is 2.03. The van der Waals surface area contributed by atoms with Crippen molar-refractivity contribution in [3.63, 3.8) is 0 Å². The second-order valence-electron chi connectivity index (χ2n) is 4.21.